The predicted octanol–water partition coefficient (Wildman–Crippen LogP) is 0.175. The molecular formula is H3AlO6P3+3. The van der Waals surface area contributed by atoms with Gasteiger partial charge in [0.15, 0.2) is 0 Å². The zero-order valence-electron chi connectivity index (χ0n) is 4.49. The summed E-state index contributed by atoms with van der Waals surface area (Å²) in [6, 6.07) is 0. The van der Waals surface area contributed by atoms with E-state index >= 15 is 0 Å². The first-order valence-electron chi connectivity index (χ1n) is 1.15. The van der Waals surface area contributed by atoms with Crippen molar-refractivity contribution < 1.29 is 28.4 Å². The Hall–Kier alpha value is 0.712. The standard InChI is InChI=1S/Al.3HO2P/c;3*1-3-2/h;3*(H,1,2)/q+3;;;. The molecule has 0 rings (SSSR count). The number of hydrogen-bond donors (Lipinski definition) is 3. The third kappa shape index (κ3) is 1020. The molecular weight excluding hydrogens is 216 g/mol. The second kappa shape index (κ2) is 53.5. The molecule has 0 fully saturated rings. The van der Waals surface area contributed by atoms with Gasteiger partial charge < -0.3 is 14.7 Å². The van der Waals surface area contributed by atoms with E-state index in [0.29, 0.717) is 0 Å². The van der Waals surface area contributed by atoms with Crippen molar-refractivity contribution >= 4 is 43.4 Å². The molecule has 0 amide bonds. The molecule has 0 bridgehead atoms. The Kier molecular flexibility index (Phi) is 120. The van der Waals surface area contributed by atoms with Gasteiger partial charge in [-0.05, 0) is 0 Å². The van der Waals surface area contributed by atoms with E-state index in [1.54, 1.807) is 0 Å². The van der Waals surface area contributed by atoms with E-state index in [4.69, 9.17) is 28.4 Å². The largest absolute Gasteiger partial charge is 3.00 e. The van der Waals surface area contributed by atoms with Crippen molar-refractivity contribution in [2.75, 3.05) is 0 Å². The van der Waals surface area contributed by atoms with Gasteiger partial charge in [0.2, 0.25) is 0 Å². The van der Waals surface area contributed by atoms with Crippen LogP contribution in [0.25, 0.3) is 0 Å². The molecule has 0 unspecified atom stereocenters. The van der Waals surface area contributed by atoms with Crippen molar-refractivity contribution in [3.63, 3.8) is 0 Å². The predicted molar refractivity (Wildman–Crippen MR) is 35.2 cm³/mol. The summed E-state index contributed by atoms with van der Waals surface area (Å²) in [4.78, 5) is 21.0. The second-order valence-corrected chi connectivity index (χ2v) is 0.735. The van der Waals surface area contributed by atoms with E-state index in [9.17, 15) is 0 Å². The molecule has 0 aliphatic heterocycles. The van der Waals surface area contributed by atoms with E-state index in [1.165, 1.54) is 0 Å². The van der Waals surface area contributed by atoms with Crippen LogP contribution in [0.4, 0.5) is 0 Å². The minimum atomic E-state index is -0.833. The Labute approximate surface area is 72.3 Å². The topological polar surface area (TPSA) is 112 Å². The van der Waals surface area contributed by atoms with Crippen molar-refractivity contribution in [1.29, 1.82) is 0 Å². The van der Waals surface area contributed by atoms with Crippen molar-refractivity contribution in [3.8, 4) is 0 Å². The van der Waals surface area contributed by atoms with E-state index in [0.717, 1.165) is 0 Å². The van der Waals surface area contributed by atoms with E-state index < -0.39 is 26.1 Å². The average molecular weight is 219 g/mol. The van der Waals surface area contributed by atoms with Crippen LogP contribution in [0.5, 0.6) is 0 Å². The summed E-state index contributed by atoms with van der Waals surface area (Å²) in [5.74, 6) is 0. The summed E-state index contributed by atoms with van der Waals surface area (Å²) in [5, 5.41) is 0. The maximum atomic E-state index is 8.46. The van der Waals surface area contributed by atoms with E-state index in [-0.39, 0.29) is 17.4 Å². The minimum Gasteiger partial charge on any atom is -0.310 e. The number of hydrogen-bond acceptors (Lipinski definition) is 3. The van der Waals surface area contributed by atoms with Crippen molar-refractivity contribution in [1.82, 2.24) is 0 Å². The second-order valence-electron chi connectivity index (χ2n) is 0.245. The summed E-state index contributed by atoms with van der Waals surface area (Å²) in [6.45, 7) is 0. The van der Waals surface area contributed by atoms with Crippen molar-refractivity contribution in [2.45, 2.75) is 0 Å². The normalized spacial score (nSPS) is 6.30. The molecule has 0 aromatic rings. The van der Waals surface area contributed by atoms with Gasteiger partial charge in [-0.3, -0.25) is 0 Å². The molecule has 0 radical (unpaired) electrons. The minimum absolute atomic E-state index is 0. The summed E-state index contributed by atoms with van der Waals surface area (Å²) < 4.78 is 25.4. The van der Waals surface area contributed by atoms with Gasteiger partial charge in [-0.15, -0.1) is 0 Å². The molecule has 0 aromatic carbocycles. The molecule has 0 aliphatic carbocycles. The zero-order chi connectivity index (χ0) is 8.12. The van der Waals surface area contributed by atoms with Crippen LogP contribution < -0.4 is 0 Å². The fourth-order valence-corrected chi connectivity index (χ4v) is 0. The van der Waals surface area contributed by atoms with Crippen LogP contribution in [0.1, 0.15) is 0 Å². The monoisotopic (exact) mass is 219 g/mol. The van der Waals surface area contributed by atoms with E-state index in [1.807, 2.05) is 0 Å². The fraction of sp³-hybridized carbons (Fsp3) is 0. The molecule has 54 valence electrons. The Balaban J connectivity index is -0.0000000257. The van der Waals surface area contributed by atoms with Gasteiger partial charge in [0.05, 0.1) is 0 Å². The van der Waals surface area contributed by atoms with Crippen LogP contribution in [-0.2, 0) is 13.7 Å². The molecule has 3 N–H and O–H groups in total. The van der Waals surface area contributed by atoms with Crippen LogP contribution >= 0.6 is 26.1 Å². The quantitative estimate of drug-likeness (QED) is 0.395. The summed E-state index contributed by atoms with van der Waals surface area (Å²) in [5.41, 5.74) is 0. The average Bonchev–Trinajstić information content (AvgIpc) is 1.70. The van der Waals surface area contributed by atoms with Crippen LogP contribution in [0, 0.1) is 0 Å². The van der Waals surface area contributed by atoms with E-state index in [2.05, 4.69) is 0 Å². The third-order valence-corrected chi connectivity index (χ3v) is 0. The molecule has 10 heavy (non-hydrogen) atoms. The molecule has 0 spiro atoms. The first-order valence-corrected chi connectivity index (χ1v) is 3.44. The van der Waals surface area contributed by atoms with Gasteiger partial charge in [-0.25, -0.2) is 13.7 Å². The number of rotatable bonds is 0. The smallest absolute Gasteiger partial charge is 0.310 e. The third-order valence-electron chi connectivity index (χ3n) is 0. The van der Waals surface area contributed by atoms with Gasteiger partial charge in [-0.1, -0.05) is 0 Å². The van der Waals surface area contributed by atoms with Gasteiger partial charge in [0.1, 0.15) is 0 Å². The summed E-state index contributed by atoms with van der Waals surface area (Å²) in [7, 11) is -2.50. The maximum Gasteiger partial charge on any atom is 3.00 e. The summed E-state index contributed by atoms with van der Waals surface area (Å²) >= 11 is 0. The molecule has 0 atom stereocenters. The van der Waals surface area contributed by atoms with Crippen LogP contribution in [0.2, 0.25) is 0 Å². The van der Waals surface area contributed by atoms with Gasteiger partial charge in [0.25, 0.3) is 0 Å². The molecule has 0 aromatic heterocycles. The Bertz CT molecular complexity index is 49.7. The fourth-order valence-electron chi connectivity index (χ4n) is 0. The van der Waals surface area contributed by atoms with Gasteiger partial charge in [-0.2, -0.15) is 0 Å². The summed E-state index contributed by atoms with van der Waals surface area (Å²) in [6.07, 6.45) is 0. The molecule has 0 saturated heterocycles. The Morgan fingerprint density at radius 1 is 0.700 bits per heavy atom. The molecule has 0 aliphatic rings. The maximum absolute atomic E-state index is 8.46. The molecule has 0 saturated carbocycles. The SMILES string of the molecule is O=PO.O=PO.O=PO.[Al+3]. The van der Waals surface area contributed by atoms with Crippen LogP contribution in [0.3, 0.4) is 0 Å². The molecule has 0 heterocycles. The zero-order valence-corrected chi connectivity index (χ0v) is 8.32. The first kappa shape index (κ1) is 22.4. The Morgan fingerprint density at radius 2 is 0.700 bits per heavy atom. The van der Waals surface area contributed by atoms with Gasteiger partial charge >= 0.3 is 43.4 Å². The Morgan fingerprint density at radius 3 is 0.700 bits per heavy atom. The van der Waals surface area contributed by atoms with Crippen molar-refractivity contribution in [2.24, 2.45) is 0 Å². The van der Waals surface area contributed by atoms with Crippen LogP contribution in [-0.4, -0.2) is 32.0 Å². The van der Waals surface area contributed by atoms with Crippen molar-refractivity contribution in [3.05, 3.63) is 0 Å². The molecule has 6 nitrogen and oxygen atoms in total. The first-order chi connectivity index (χ1) is 4.24. The van der Waals surface area contributed by atoms with Gasteiger partial charge in [0, 0.05) is 0 Å². The van der Waals surface area contributed by atoms with Crippen LogP contribution in [0.15, 0.2) is 0 Å². The molecule has 10 heteroatoms.